The third kappa shape index (κ3) is 5.36. The maximum Gasteiger partial charge on any atom is 0.318 e. The summed E-state index contributed by atoms with van der Waals surface area (Å²) < 4.78 is 0. The van der Waals surface area contributed by atoms with Crippen LogP contribution in [0.2, 0.25) is 0 Å². The number of amides is 3. The predicted molar refractivity (Wildman–Crippen MR) is 118 cm³/mol. The van der Waals surface area contributed by atoms with E-state index in [0.717, 1.165) is 49.3 Å². The normalized spacial score (nSPS) is 18.2. The van der Waals surface area contributed by atoms with E-state index in [1.807, 2.05) is 30.3 Å². The van der Waals surface area contributed by atoms with Crippen molar-refractivity contribution in [1.82, 2.24) is 20.4 Å². The second-order valence-corrected chi connectivity index (χ2v) is 9.16. The first kappa shape index (κ1) is 20.8. The Kier molecular flexibility index (Phi) is 6.94. The smallest absolute Gasteiger partial charge is 0.318 e. The zero-order valence-corrected chi connectivity index (χ0v) is 18.0. The van der Waals surface area contributed by atoms with Gasteiger partial charge in [0.25, 0.3) is 0 Å². The van der Waals surface area contributed by atoms with Gasteiger partial charge in [-0.05, 0) is 31.2 Å². The number of hydrogen-bond acceptors (Lipinski definition) is 5. The van der Waals surface area contributed by atoms with Crippen LogP contribution < -0.4 is 10.6 Å². The Morgan fingerprint density at radius 3 is 2.50 bits per heavy atom. The standard InChI is InChI=1S/C22H29N5O2S/c28-19(24-21-26-25-20(30-21)17-11-5-2-6-12-17)18(15-16-9-3-1-4-10-16)23-22(29)27-13-7-8-14-27/h1,3-4,9-10,17-18H,2,5-8,11-15H2,(H,23,29)(H,24,26,28)/t18-/m0/s1. The molecule has 1 saturated carbocycles. The molecule has 1 aliphatic heterocycles. The van der Waals surface area contributed by atoms with E-state index in [9.17, 15) is 9.59 Å². The maximum atomic E-state index is 13.0. The van der Waals surface area contributed by atoms with Gasteiger partial charge in [0, 0.05) is 25.4 Å². The van der Waals surface area contributed by atoms with E-state index < -0.39 is 6.04 Å². The number of nitrogens with zero attached hydrogens (tertiary/aromatic N) is 3. The van der Waals surface area contributed by atoms with Crippen LogP contribution in [-0.4, -0.2) is 46.2 Å². The second kappa shape index (κ2) is 10.0. The maximum absolute atomic E-state index is 13.0. The van der Waals surface area contributed by atoms with Crippen LogP contribution in [0.3, 0.4) is 0 Å². The summed E-state index contributed by atoms with van der Waals surface area (Å²) in [6.07, 6.45) is 8.49. The fraction of sp³-hybridized carbons (Fsp3) is 0.545. The van der Waals surface area contributed by atoms with Crippen LogP contribution >= 0.6 is 11.3 Å². The number of carbonyl (C=O) groups is 2. The molecule has 160 valence electrons. The molecule has 0 spiro atoms. The van der Waals surface area contributed by atoms with Crippen LogP contribution in [0.4, 0.5) is 9.93 Å². The number of aromatic nitrogens is 2. The Labute approximate surface area is 181 Å². The van der Waals surface area contributed by atoms with Crippen molar-refractivity contribution in [3.05, 3.63) is 40.9 Å². The number of urea groups is 1. The van der Waals surface area contributed by atoms with E-state index in [2.05, 4.69) is 20.8 Å². The van der Waals surface area contributed by atoms with Gasteiger partial charge < -0.3 is 10.2 Å². The molecule has 0 unspecified atom stereocenters. The highest BCUT2D eigenvalue weighted by Crippen LogP contribution is 2.35. The molecular formula is C22H29N5O2S. The van der Waals surface area contributed by atoms with Crippen molar-refractivity contribution in [2.45, 2.75) is 63.3 Å². The van der Waals surface area contributed by atoms with E-state index in [-0.39, 0.29) is 11.9 Å². The molecule has 1 atom stereocenters. The Bertz CT molecular complexity index is 844. The van der Waals surface area contributed by atoms with Gasteiger partial charge in [0.05, 0.1) is 0 Å². The van der Waals surface area contributed by atoms with Crippen LogP contribution in [0.5, 0.6) is 0 Å². The average Bonchev–Trinajstić information content (AvgIpc) is 3.47. The third-order valence-corrected chi connectivity index (χ3v) is 6.92. The minimum atomic E-state index is -0.664. The molecule has 2 aromatic rings. The first-order valence-corrected chi connectivity index (χ1v) is 11.7. The molecule has 0 bridgehead atoms. The summed E-state index contributed by atoms with van der Waals surface area (Å²) in [5.74, 6) is 0.203. The molecule has 1 aromatic carbocycles. The molecule has 2 fully saturated rings. The molecule has 1 aromatic heterocycles. The Hall–Kier alpha value is -2.48. The first-order valence-electron chi connectivity index (χ1n) is 10.9. The molecule has 8 heteroatoms. The first-order chi connectivity index (χ1) is 14.7. The largest absolute Gasteiger partial charge is 0.326 e. The van der Waals surface area contributed by atoms with Crippen molar-refractivity contribution in [2.24, 2.45) is 0 Å². The monoisotopic (exact) mass is 427 g/mol. The van der Waals surface area contributed by atoms with Gasteiger partial charge in [-0.1, -0.05) is 60.9 Å². The van der Waals surface area contributed by atoms with Gasteiger partial charge in [-0.15, -0.1) is 10.2 Å². The van der Waals surface area contributed by atoms with Gasteiger partial charge in [0.2, 0.25) is 11.0 Å². The molecule has 2 aliphatic rings. The van der Waals surface area contributed by atoms with Crippen molar-refractivity contribution in [1.29, 1.82) is 0 Å². The molecule has 0 radical (unpaired) electrons. The minimum absolute atomic E-state index is 0.177. The van der Waals surface area contributed by atoms with Crippen molar-refractivity contribution < 1.29 is 9.59 Å². The number of hydrogen-bond donors (Lipinski definition) is 2. The van der Waals surface area contributed by atoms with Crippen molar-refractivity contribution in [3.63, 3.8) is 0 Å². The third-order valence-electron chi connectivity index (χ3n) is 5.92. The summed E-state index contributed by atoms with van der Waals surface area (Å²) in [5.41, 5.74) is 1.000. The summed E-state index contributed by atoms with van der Waals surface area (Å²) >= 11 is 1.46. The van der Waals surface area contributed by atoms with E-state index in [0.29, 0.717) is 17.5 Å². The highest BCUT2D eigenvalue weighted by Gasteiger charge is 2.27. The van der Waals surface area contributed by atoms with E-state index >= 15 is 0 Å². The summed E-state index contributed by atoms with van der Waals surface area (Å²) in [6.45, 7) is 1.49. The molecule has 4 rings (SSSR count). The van der Waals surface area contributed by atoms with Crippen LogP contribution in [0.1, 0.15) is 61.4 Å². The van der Waals surface area contributed by atoms with Gasteiger partial charge >= 0.3 is 6.03 Å². The van der Waals surface area contributed by atoms with E-state index in [1.54, 1.807) is 4.90 Å². The number of carbonyl (C=O) groups excluding carboxylic acids is 2. The average molecular weight is 428 g/mol. The van der Waals surface area contributed by atoms with Gasteiger partial charge in [0.15, 0.2) is 0 Å². The minimum Gasteiger partial charge on any atom is -0.326 e. The molecular weight excluding hydrogens is 398 g/mol. The number of anilines is 1. The Balaban J connectivity index is 1.43. The number of likely N-dealkylation sites (tertiary alicyclic amines) is 1. The lowest BCUT2D eigenvalue weighted by Crippen LogP contribution is -2.49. The van der Waals surface area contributed by atoms with Gasteiger partial charge in [-0.3, -0.25) is 10.1 Å². The summed E-state index contributed by atoms with van der Waals surface area (Å²) in [4.78, 5) is 27.4. The fourth-order valence-corrected chi connectivity index (χ4v) is 5.13. The lowest BCUT2D eigenvalue weighted by molar-refractivity contribution is -0.118. The topological polar surface area (TPSA) is 87.2 Å². The highest BCUT2D eigenvalue weighted by atomic mass is 32.1. The highest BCUT2D eigenvalue weighted by molar-refractivity contribution is 7.15. The number of nitrogens with one attached hydrogen (secondary N) is 2. The lowest BCUT2D eigenvalue weighted by atomic mass is 9.90. The van der Waals surface area contributed by atoms with Crippen molar-refractivity contribution in [3.8, 4) is 0 Å². The molecule has 7 nitrogen and oxygen atoms in total. The fourth-order valence-electron chi connectivity index (χ4n) is 4.21. The second-order valence-electron chi connectivity index (χ2n) is 8.16. The van der Waals surface area contributed by atoms with Crippen LogP contribution in [0.25, 0.3) is 0 Å². The van der Waals surface area contributed by atoms with Crippen molar-refractivity contribution in [2.75, 3.05) is 18.4 Å². The van der Waals surface area contributed by atoms with Crippen LogP contribution in [0.15, 0.2) is 30.3 Å². The lowest BCUT2D eigenvalue weighted by Gasteiger charge is -2.22. The molecule has 3 amide bonds. The van der Waals surface area contributed by atoms with Crippen molar-refractivity contribution >= 4 is 28.4 Å². The van der Waals surface area contributed by atoms with Crippen LogP contribution in [0, 0.1) is 0 Å². The quantitative estimate of drug-likeness (QED) is 0.731. The van der Waals surface area contributed by atoms with E-state index in [1.165, 1.54) is 30.6 Å². The molecule has 2 N–H and O–H groups in total. The Morgan fingerprint density at radius 2 is 1.77 bits per heavy atom. The molecule has 1 aliphatic carbocycles. The molecule has 30 heavy (non-hydrogen) atoms. The van der Waals surface area contributed by atoms with Gasteiger partial charge in [0.1, 0.15) is 11.0 Å². The number of benzene rings is 1. The van der Waals surface area contributed by atoms with Gasteiger partial charge in [-0.25, -0.2) is 4.79 Å². The summed E-state index contributed by atoms with van der Waals surface area (Å²) in [5, 5.41) is 15.8. The number of rotatable bonds is 6. The predicted octanol–water partition coefficient (Wildman–Crippen LogP) is 3.94. The molecule has 2 heterocycles. The zero-order valence-electron chi connectivity index (χ0n) is 17.2. The summed E-state index contributed by atoms with van der Waals surface area (Å²) in [7, 11) is 0. The van der Waals surface area contributed by atoms with Crippen LogP contribution in [-0.2, 0) is 11.2 Å². The Morgan fingerprint density at radius 1 is 1.03 bits per heavy atom. The zero-order chi connectivity index (χ0) is 20.8. The van der Waals surface area contributed by atoms with E-state index in [4.69, 9.17) is 0 Å². The molecule has 1 saturated heterocycles. The summed E-state index contributed by atoms with van der Waals surface area (Å²) in [6, 6.07) is 8.91. The van der Waals surface area contributed by atoms with Gasteiger partial charge in [-0.2, -0.15) is 0 Å². The SMILES string of the molecule is O=C(Nc1nnc(C2CCCCC2)s1)[C@H](Cc1ccccc1)NC(=O)N1CCCC1.